The van der Waals surface area contributed by atoms with Crippen molar-refractivity contribution in [2.45, 2.75) is 36.6 Å². The minimum atomic E-state index is -0.102. The molecule has 0 atom stereocenters. The molecule has 2 aromatic carbocycles. The highest BCUT2D eigenvalue weighted by atomic mass is 35.5. The molecule has 8 heteroatoms. The molecule has 0 spiro atoms. The molecular formula is C20H18Cl2N4OS. The van der Waals surface area contributed by atoms with E-state index in [9.17, 15) is 4.79 Å². The molecule has 0 unspecified atom stereocenters. The topological polar surface area (TPSA) is 59.8 Å². The second-order valence-electron chi connectivity index (χ2n) is 6.71. The monoisotopic (exact) mass is 432 g/mol. The average molecular weight is 433 g/mol. The molecule has 1 aliphatic carbocycles. The molecule has 1 N–H and O–H groups in total. The Kier molecular flexibility index (Phi) is 5.62. The summed E-state index contributed by atoms with van der Waals surface area (Å²) in [6, 6.07) is 13.2. The fraction of sp³-hybridized carbons (Fsp3) is 0.250. The first-order valence-corrected chi connectivity index (χ1v) is 10.7. The van der Waals surface area contributed by atoms with Crippen LogP contribution in [0.3, 0.4) is 0 Å². The number of halogens is 2. The van der Waals surface area contributed by atoms with Crippen molar-refractivity contribution >= 4 is 46.6 Å². The van der Waals surface area contributed by atoms with E-state index in [1.165, 1.54) is 6.92 Å². The number of hydrogen-bond donors (Lipinski definition) is 1. The quantitative estimate of drug-likeness (QED) is 0.507. The Morgan fingerprint density at radius 3 is 2.75 bits per heavy atom. The van der Waals surface area contributed by atoms with E-state index in [1.54, 1.807) is 17.8 Å². The van der Waals surface area contributed by atoms with E-state index in [-0.39, 0.29) is 5.91 Å². The normalized spacial score (nSPS) is 13.5. The molecule has 144 valence electrons. The first-order chi connectivity index (χ1) is 13.5. The van der Waals surface area contributed by atoms with Gasteiger partial charge in [-0.05, 0) is 48.7 Å². The van der Waals surface area contributed by atoms with Crippen LogP contribution in [-0.4, -0.2) is 20.7 Å². The molecule has 1 amide bonds. The summed E-state index contributed by atoms with van der Waals surface area (Å²) in [6.07, 6.45) is 2.24. The van der Waals surface area contributed by atoms with E-state index in [1.807, 2.05) is 36.4 Å². The fourth-order valence-corrected chi connectivity index (χ4v) is 4.45. The maximum Gasteiger partial charge on any atom is 0.221 e. The number of aromatic nitrogens is 3. The maximum atomic E-state index is 11.4. The lowest BCUT2D eigenvalue weighted by Gasteiger charge is -2.12. The van der Waals surface area contributed by atoms with Gasteiger partial charge in [0.1, 0.15) is 5.82 Å². The van der Waals surface area contributed by atoms with E-state index in [2.05, 4.69) is 20.1 Å². The molecule has 1 fully saturated rings. The molecule has 1 saturated carbocycles. The summed E-state index contributed by atoms with van der Waals surface area (Å²) >= 11 is 13.9. The number of thioether (sulfide) groups is 1. The Morgan fingerprint density at radius 2 is 2.04 bits per heavy atom. The summed E-state index contributed by atoms with van der Waals surface area (Å²) in [5.74, 6) is 1.95. The molecule has 0 radical (unpaired) electrons. The van der Waals surface area contributed by atoms with Crippen molar-refractivity contribution in [1.29, 1.82) is 0 Å². The lowest BCUT2D eigenvalue weighted by atomic mass is 10.2. The van der Waals surface area contributed by atoms with Gasteiger partial charge >= 0.3 is 0 Å². The van der Waals surface area contributed by atoms with E-state index >= 15 is 0 Å². The first kappa shape index (κ1) is 19.3. The summed E-state index contributed by atoms with van der Waals surface area (Å²) in [5.41, 5.74) is 2.67. The van der Waals surface area contributed by atoms with Crippen LogP contribution in [0.1, 0.15) is 37.1 Å². The number of carbonyl (C=O) groups excluding carboxylic acids is 1. The molecule has 1 aromatic heterocycles. The molecule has 0 saturated heterocycles. The van der Waals surface area contributed by atoms with Crippen LogP contribution in [0.25, 0.3) is 5.69 Å². The standard InChI is InChI=1S/C20H18Cl2N4OS/c1-12(27)23-16-3-2-4-17(10-16)26-19(13-5-6-13)24-25-20(26)28-11-14-7-8-15(21)9-18(14)22/h2-4,7-10,13H,5-6,11H2,1H3,(H,23,27). The molecule has 0 bridgehead atoms. The van der Waals surface area contributed by atoms with Gasteiger partial charge in [-0.1, -0.05) is 47.1 Å². The van der Waals surface area contributed by atoms with Crippen molar-refractivity contribution in [2.24, 2.45) is 0 Å². The van der Waals surface area contributed by atoms with Gasteiger partial charge in [-0.15, -0.1) is 10.2 Å². The van der Waals surface area contributed by atoms with Gasteiger partial charge in [0, 0.05) is 34.3 Å². The summed E-state index contributed by atoms with van der Waals surface area (Å²) < 4.78 is 2.08. The second kappa shape index (κ2) is 8.15. The Morgan fingerprint density at radius 1 is 1.21 bits per heavy atom. The second-order valence-corrected chi connectivity index (χ2v) is 8.49. The lowest BCUT2D eigenvalue weighted by Crippen LogP contribution is -2.07. The van der Waals surface area contributed by atoms with Crippen LogP contribution in [0.4, 0.5) is 5.69 Å². The smallest absolute Gasteiger partial charge is 0.221 e. The summed E-state index contributed by atoms with van der Waals surface area (Å²) in [7, 11) is 0. The number of carbonyl (C=O) groups is 1. The largest absolute Gasteiger partial charge is 0.326 e. The predicted octanol–water partition coefficient (Wildman–Crippen LogP) is 5.70. The van der Waals surface area contributed by atoms with Gasteiger partial charge < -0.3 is 5.32 Å². The van der Waals surface area contributed by atoms with Crippen LogP contribution in [0.15, 0.2) is 47.6 Å². The Hall–Kier alpha value is -2.02. The minimum Gasteiger partial charge on any atom is -0.326 e. The molecule has 4 rings (SSSR count). The number of hydrogen-bond acceptors (Lipinski definition) is 4. The number of benzene rings is 2. The van der Waals surface area contributed by atoms with E-state index < -0.39 is 0 Å². The van der Waals surface area contributed by atoms with Crippen molar-refractivity contribution < 1.29 is 4.79 Å². The van der Waals surface area contributed by atoms with Crippen molar-refractivity contribution in [3.8, 4) is 5.69 Å². The van der Waals surface area contributed by atoms with E-state index in [4.69, 9.17) is 23.2 Å². The summed E-state index contributed by atoms with van der Waals surface area (Å²) in [4.78, 5) is 11.4. The van der Waals surface area contributed by atoms with E-state index in [0.29, 0.717) is 21.7 Å². The molecule has 3 aromatic rings. The van der Waals surface area contributed by atoms with Gasteiger partial charge in [0.2, 0.25) is 5.91 Å². The highest BCUT2D eigenvalue weighted by Gasteiger charge is 2.31. The minimum absolute atomic E-state index is 0.102. The van der Waals surface area contributed by atoms with Crippen LogP contribution in [0.2, 0.25) is 10.0 Å². The van der Waals surface area contributed by atoms with Crippen LogP contribution >= 0.6 is 35.0 Å². The fourth-order valence-electron chi connectivity index (χ4n) is 2.93. The third-order valence-corrected chi connectivity index (χ3v) is 5.96. The molecule has 1 aliphatic rings. The third-order valence-electron chi connectivity index (χ3n) is 4.40. The van der Waals surface area contributed by atoms with Gasteiger partial charge in [-0.25, -0.2) is 0 Å². The zero-order chi connectivity index (χ0) is 19.7. The zero-order valence-corrected chi connectivity index (χ0v) is 17.5. The first-order valence-electron chi connectivity index (χ1n) is 8.91. The summed E-state index contributed by atoms with van der Waals surface area (Å²) in [6.45, 7) is 1.50. The van der Waals surface area contributed by atoms with Crippen LogP contribution in [0.5, 0.6) is 0 Å². The van der Waals surface area contributed by atoms with Crippen molar-refractivity contribution in [2.75, 3.05) is 5.32 Å². The zero-order valence-electron chi connectivity index (χ0n) is 15.2. The Balaban J connectivity index is 1.65. The lowest BCUT2D eigenvalue weighted by molar-refractivity contribution is -0.114. The van der Waals surface area contributed by atoms with Gasteiger partial charge in [-0.3, -0.25) is 9.36 Å². The maximum absolute atomic E-state index is 11.4. The number of rotatable bonds is 6. The van der Waals surface area contributed by atoms with Crippen LogP contribution in [-0.2, 0) is 10.5 Å². The number of amides is 1. The molecule has 1 heterocycles. The van der Waals surface area contributed by atoms with Crippen molar-refractivity contribution in [1.82, 2.24) is 14.8 Å². The third kappa shape index (κ3) is 4.35. The van der Waals surface area contributed by atoms with Crippen molar-refractivity contribution in [3.63, 3.8) is 0 Å². The number of nitrogens with one attached hydrogen (secondary N) is 1. The molecule has 5 nitrogen and oxygen atoms in total. The van der Waals surface area contributed by atoms with E-state index in [0.717, 1.165) is 40.8 Å². The molecule has 28 heavy (non-hydrogen) atoms. The van der Waals surface area contributed by atoms with Gasteiger partial charge in [0.25, 0.3) is 0 Å². The number of anilines is 1. The average Bonchev–Trinajstić information content (AvgIpc) is 3.40. The van der Waals surface area contributed by atoms with Crippen LogP contribution < -0.4 is 5.32 Å². The SMILES string of the molecule is CC(=O)Nc1cccc(-n2c(SCc3ccc(Cl)cc3Cl)nnc2C2CC2)c1. The number of nitrogens with zero attached hydrogens (tertiary/aromatic N) is 3. The Labute approximate surface area is 177 Å². The molecular weight excluding hydrogens is 415 g/mol. The predicted molar refractivity (Wildman–Crippen MR) is 114 cm³/mol. The van der Waals surface area contributed by atoms with Gasteiger partial charge in [-0.2, -0.15) is 0 Å². The van der Waals surface area contributed by atoms with Gasteiger partial charge in [0.05, 0.1) is 5.69 Å². The molecule has 0 aliphatic heterocycles. The highest BCUT2D eigenvalue weighted by molar-refractivity contribution is 7.98. The summed E-state index contributed by atoms with van der Waals surface area (Å²) in [5, 5.41) is 13.8. The van der Waals surface area contributed by atoms with Gasteiger partial charge in [0.15, 0.2) is 5.16 Å². The Bertz CT molecular complexity index is 1030. The van der Waals surface area contributed by atoms with Crippen LogP contribution in [0, 0.1) is 0 Å². The van der Waals surface area contributed by atoms with Crippen molar-refractivity contribution in [3.05, 3.63) is 63.9 Å². The highest BCUT2D eigenvalue weighted by Crippen LogP contribution is 2.41.